The van der Waals surface area contributed by atoms with Crippen LogP contribution in [0.3, 0.4) is 0 Å². The molecular formula is C19H20N2O4S. The zero-order valence-corrected chi connectivity index (χ0v) is 15.7. The van der Waals surface area contributed by atoms with Crippen molar-refractivity contribution in [1.29, 1.82) is 0 Å². The van der Waals surface area contributed by atoms with Gasteiger partial charge < -0.3 is 9.47 Å². The van der Waals surface area contributed by atoms with Crippen molar-refractivity contribution < 1.29 is 17.9 Å². The van der Waals surface area contributed by atoms with E-state index in [2.05, 4.69) is 4.98 Å². The minimum atomic E-state index is -3.44. The molecule has 0 aliphatic rings. The van der Waals surface area contributed by atoms with E-state index in [0.29, 0.717) is 29.5 Å². The van der Waals surface area contributed by atoms with Gasteiger partial charge in [0.1, 0.15) is 6.61 Å². The smallest absolute Gasteiger partial charge is 0.237 e. The molecule has 0 aliphatic carbocycles. The molecule has 1 aromatic heterocycles. The first-order valence-electron chi connectivity index (χ1n) is 7.99. The molecule has 3 aromatic rings. The number of ether oxygens (including phenoxy) is 2. The molecule has 0 radical (unpaired) electrons. The van der Waals surface area contributed by atoms with Crippen LogP contribution in [0.2, 0.25) is 0 Å². The van der Waals surface area contributed by atoms with Crippen molar-refractivity contribution in [1.82, 2.24) is 8.96 Å². The van der Waals surface area contributed by atoms with Gasteiger partial charge in [-0.1, -0.05) is 29.8 Å². The second-order valence-corrected chi connectivity index (χ2v) is 7.81. The first kappa shape index (κ1) is 18.0. The van der Waals surface area contributed by atoms with Crippen molar-refractivity contribution in [3.8, 4) is 22.9 Å². The number of hydrogen-bond acceptors (Lipinski definition) is 5. The minimum Gasteiger partial charge on any atom is -0.493 e. The van der Waals surface area contributed by atoms with Gasteiger partial charge in [-0.15, -0.1) is 0 Å². The summed E-state index contributed by atoms with van der Waals surface area (Å²) in [6.45, 7) is 2.45. The van der Waals surface area contributed by atoms with Gasteiger partial charge in [0, 0.05) is 18.0 Å². The van der Waals surface area contributed by atoms with Crippen molar-refractivity contribution in [2.45, 2.75) is 13.5 Å². The van der Waals surface area contributed by atoms with E-state index in [9.17, 15) is 8.42 Å². The maximum Gasteiger partial charge on any atom is 0.237 e. The number of aryl methyl sites for hydroxylation is 1. The number of imidazole rings is 1. The third-order valence-corrected chi connectivity index (χ3v) is 4.91. The first-order chi connectivity index (χ1) is 12.4. The Labute approximate surface area is 153 Å². The molecule has 0 N–H and O–H groups in total. The Hall–Kier alpha value is -2.80. The highest BCUT2D eigenvalue weighted by atomic mass is 32.2. The molecule has 7 heteroatoms. The van der Waals surface area contributed by atoms with Gasteiger partial charge in [-0.3, -0.25) is 0 Å². The third kappa shape index (κ3) is 3.88. The predicted molar refractivity (Wildman–Crippen MR) is 100.0 cm³/mol. The number of nitrogens with zero attached hydrogens (tertiary/aromatic N) is 2. The molecule has 0 saturated carbocycles. The maximum absolute atomic E-state index is 11.9. The monoisotopic (exact) mass is 372 g/mol. The minimum absolute atomic E-state index is 0.330. The molecule has 26 heavy (non-hydrogen) atoms. The lowest BCUT2D eigenvalue weighted by Crippen LogP contribution is -2.10. The van der Waals surface area contributed by atoms with Crippen LogP contribution in [0.15, 0.2) is 54.9 Å². The molecule has 1 heterocycles. The number of benzene rings is 2. The quantitative estimate of drug-likeness (QED) is 0.664. The van der Waals surface area contributed by atoms with E-state index in [4.69, 9.17) is 9.47 Å². The van der Waals surface area contributed by atoms with E-state index < -0.39 is 10.0 Å². The summed E-state index contributed by atoms with van der Waals surface area (Å²) in [6, 6.07) is 13.3. The molecule has 0 unspecified atom stereocenters. The molecule has 0 amide bonds. The second kappa shape index (κ2) is 7.21. The summed E-state index contributed by atoms with van der Waals surface area (Å²) in [5.74, 6) is 1.42. The Bertz CT molecular complexity index is 1010. The van der Waals surface area contributed by atoms with Crippen LogP contribution >= 0.6 is 0 Å². The van der Waals surface area contributed by atoms with E-state index in [1.165, 1.54) is 18.0 Å². The Morgan fingerprint density at radius 1 is 1.08 bits per heavy atom. The number of aromatic nitrogens is 2. The molecule has 6 nitrogen and oxygen atoms in total. The predicted octanol–water partition coefficient (Wildman–Crippen LogP) is 3.25. The second-order valence-electron chi connectivity index (χ2n) is 5.95. The summed E-state index contributed by atoms with van der Waals surface area (Å²) in [5.41, 5.74) is 2.87. The van der Waals surface area contributed by atoms with Gasteiger partial charge >= 0.3 is 0 Å². The lowest BCUT2D eigenvalue weighted by Gasteiger charge is -2.13. The van der Waals surface area contributed by atoms with Crippen LogP contribution in [-0.2, 0) is 16.6 Å². The van der Waals surface area contributed by atoms with Crippen LogP contribution in [0.5, 0.6) is 11.5 Å². The Morgan fingerprint density at radius 2 is 1.81 bits per heavy atom. The van der Waals surface area contributed by atoms with Crippen molar-refractivity contribution in [2.24, 2.45) is 0 Å². The fourth-order valence-corrected chi connectivity index (χ4v) is 3.27. The Balaban J connectivity index is 1.86. The number of methoxy groups -OCH3 is 1. The topological polar surface area (TPSA) is 70.4 Å². The van der Waals surface area contributed by atoms with Crippen LogP contribution < -0.4 is 9.47 Å². The van der Waals surface area contributed by atoms with E-state index in [1.54, 1.807) is 25.3 Å². The van der Waals surface area contributed by atoms with Gasteiger partial charge in [0.05, 0.1) is 13.4 Å². The summed E-state index contributed by atoms with van der Waals surface area (Å²) in [7, 11) is -1.89. The lowest BCUT2D eigenvalue weighted by molar-refractivity contribution is 0.284. The molecule has 3 rings (SSSR count). The molecule has 136 valence electrons. The van der Waals surface area contributed by atoms with Gasteiger partial charge in [0.25, 0.3) is 0 Å². The molecule has 0 fully saturated rings. The normalized spacial score (nSPS) is 11.3. The van der Waals surface area contributed by atoms with E-state index >= 15 is 0 Å². The molecule has 0 spiro atoms. The van der Waals surface area contributed by atoms with Gasteiger partial charge in [-0.2, -0.15) is 0 Å². The number of hydrogen-bond donors (Lipinski definition) is 0. The average Bonchev–Trinajstić information content (AvgIpc) is 3.11. The van der Waals surface area contributed by atoms with Crippen LogP contribution in [-0.4, -0.2) is 30.7 Å². The largest absolute Gasteiger partial charge is 0.493 e. The van der Waals surface area contributed by atoms with E-state index in [-0.39, 0.29) is 0 Å². The summed E-state index contributed by atoms with van der Waals surface area (Å²) < 4.78 is 36.1. The SMILES string of the molecule is COc1cc(-c2nccn2S(C)(=O)=O)ccc1OCc1ccc(C)cc1. The van der Waals surface area contributed by atoms with Crippen LogP contribution in [0.4, 0.5) is 0 Å². The fraction of sp³-hybridized carbons (Fsp3) is 0.211. The van der Waals surface area contributed by atoms with Crippen LogP contribution in [0, 0.1) is 6.92 Å². The maximum atomic E-state index is 11.9. The highest BCUT2D eigenvalue weighted by Gasteiger charge is 2.15. The van der Waals surface area contributed by atoms with E-state index in [0.717, 1.165) is 15.8 Å². The summed E-state index contributed by atoms with van der Waals surface area (Å²) >= 11 is 0. The highest BCUT2D eigenvalue weighted by molar-refractivity contribution is 7.89. The van der Waals surface area contributed by atoms with Crippen molar-refractivity contribution >= 4 is 10.0 Å². The lowest BCUT2D eigenvalue weighted by atomic mass is 10.1. The molecule has 0 saturated heterocycles. The Morgan fingerprint density at radius 3 is 2.46 bits per heavy atom. The van der Waals surface area contributed by atoms with Gasteiger partial charge in [0.2, 0.25) is 10.0 Å². The average molecular weight is 372 g/mol. The summed E-state index contributed by atoms with van der Waals surface area (Å²) in [5, 5.41) is 0. The van der Waals surface area contributed by atoms with Gasteiger partial charge in [0.15, 0.2) is 17.3 Å². The van der Waals surface area contributed by atoms with Crippen LogP contribution in [0.25, 0.3) is 11.4 Å². The first-order valence-corrected chi connectivity index (χ1v) is 9.84. The molecular weight excluding hydrogens is 352 g/mol. The van der Waals surface area contributed by atoms with Gasteiger partial charge in [-0.05, 0) is 30.7 Å². The third-order valence-electron chi connectivity index (χ3n) is 3.90. The van der Waals surface area contributed by atoms with Crippen molar-refractivity contribution in [3.05, 3.63) is 66.0 Å². The molecule has 0 bridgehead atoms. The number of rotatable bonds is 6. The molecule has 0 atom stereocenters. The van der Waals surface area contributed by atoms with Crippen LogP contribution in [0.1, 0.15) is 11.1 Å². The fourth-order valence-electron chi connectivity index (χ4n) is 2.53. The molecule has 2 aromatic carbocycles. The van der Waals surface area contributed by atoms with Crippen molar-refractivity contribution in [3.63, 3.8) is 0 Å². The highest BCUT2D eigenvalue weighted by Crippen LogP contribution is 2.32. The molecule has 0 aliphatic heterocycles. The standard InChI is InChI=1S/C19H20N2O4S/c1-14-4-6-15(7-5-14)13-25-17-9-8-16(12-18(17)24-2)19-20-10-11-21(19)26(3,22)23/h4-12H,13H2,1-3H3. The summed E-state index contributed by atoms with van der Waals surface area (Å²) in [4.78, 5) is 4.15. The van der Waals surface area contributed by atoms with E-state index in [1.807, 2.05) is 31.2 Å². The van der Waals surface area contributed by atoms with Gasteiger partial charge in [-0.25, -0.2) is 17.4 Å². The van der Waals surface area contributed by atoms with Crippen molar-refractivity contribution in [2.75, 3.05) is 13.4 Å². The zero-order chi connectivity index (χ0) is 18.7. The summed E-state index contributed by atoms with van der Waals surface area (Å²) in [6.07, 6.45) is 4.00. The zero-order valence-electron chi connectivity index (χ0n) is 14.8. The Kier molecular flexibility index (Phi) is 4.99.